The van der Waals surface area contributed by atoms with E-state index in [0.717, 1.165) is 17.6 Å². The number of ether oxygens (including phenoxy) is 1. The first-order chi connectivity index (χ1) is 16.3. The molecule has 4 aliphatic carbocycles. The first-order valence-electron chi connectivity index (χ1n) is 11.7. The van der Waals surface area contributed by atoms with Crippen LogP contribution in [0.4, 0.5) is 8.78 Å². The average Bonchev–Trinajstić information content (AvgIpc) is 3.39. The molecule has 1 aromatic rings. The molecule has 0 amide bonds. The van der Waals surface area contributed by atoms with Crippen molar-refractivity contribution in [3.8, 4) is 0 Å². The lowest BCUT2D eigenvalue weighted by Crippen LogP contribution is -2.70. The van der Waals surface area contributed by atoms with Crippen LogP contribution in [0.15, 0.2) is 36.1 Å². The normalized spacial score (nSPS) is 46.3. The fourth-order valence-electron chi connectivity index (χ4n) is 7.76. The zero-order valence-electron chi connectivity index (χ0n) is 19.5. The minimum Gasteiger partial charge on any atom is -0.445 e. The summed E-state index contributed by atoms with van der Waals surface area (Å²) in [7, 11) is 0. The number of fused-ring (bicyclic) bond motifs is 5. The molecule has 0 radical (unpaired) electrons. The molecule has 35 heavy (non-hydrogen) atoms. The Morgan fingerprint density at radius 3 is 2.63 bits per heavy atom. The predicted octanol–water partition coefficient (Wildman–Crippen LogP) is 4.06. The van der Waals surface area contributed by atoms with E-state index >= 15 is 8.78 Å². The molecule has 9 atom stereocenters. The van der Waals surface area contributed by atoms with Crippen molar-refractivity contribution in [3.63, 3.8) is 0 Å². The Labute approximate surface area is 211 Å². The third kappa shape index (κ3) is 2.96. The van der Waals surface area contributed by atoms with Gasteiger partial charge >= 0.3 is 5.97 Å². The molecule has 188 valence electrons. The van der Waals surface area contributed by atoms with Gasteiger partial charge in [-0.25, -0.2) is 17.9 Å². The van der Waals surface area contributed by atoms with E-state index in [9.17, 15) is 19.5 Å². The minimum absolute atomic E-state index is 0.0330. The molecule has 6 nitrogen and oxygen atoms in total. The topological polar surface area (TPSA) is 93.6 Å². The van der Waals surface area contributed by atoms with Crippen molar-refractivity contribution in [1.29, 1.82) is 0 Å². The SMILES string of the molecule is C[C@@H]1C[C@H]2[C@@H]3C[C@H](F)C4=CC(=O)C=C[C@]4(C)[C@@]3(F)[C@@H](O)C[C@]2(C)[C@@]1(OC(=O)c1ccns1)C(=O)S. The second-order valence-electron chi connectivity index (χ2n) is 10.8. The van der Waals surface area contributed by atoms with Gasteiger partial charge in [-0.15, -0.1) is 12.6 Å². The van der Waals surface area contributed by atoms with Crippen molar-refractivity contribution >= 4 is 41.0 Å². The summed E-state index contributed by atoms with van der Waals surface area (Å²) in [4.78, 5) is 38.3. The molecule has 10 heteroatoms. The van der Waals surface area contributed by atoms with Crippen LogP contribution in [-0.4, -0.2) is 49.9 Å². The Morgan fingerprint density at radius 2 is 2.00 bits per heavy atom. The predicted molar refractivity (Wildman–Crippen MR) is 127 cm³/mol. The minimum atomic E-state index is -2.28. The Kier molecular flexibility index (Phi) is 5.51. The number of rotatable bonds is 3. The zero-order chi connectivity index (χ0) is 25.6. The molecule has 0 unspecified atom stereocenters. The van der Waals surface area contributed by atoms with Gasteiger partial charge < -0.3 is 9.84 Å². The van der Waals surface area contributed by atoms with E-state index in [1.54, 1.807) is 13.8 Å². The number of thiol groups is 1. The highest BCUT2D eigenvalue weighted by Gasteiger charge is 2.78. The van der Waals surface area contributed by atoms with E-state index in [4.69, 9.17) is 4.74 Å². The van der Waals surface area contributed by atoms with Gasteiger partial charge in [0, 0.05) is 28.9 Å². The van der Waals surface area contributed by atoms with Gasteiger partial charge in [0.1, 0.15) is 11.0 Å². The zero-order valence-corrected chi connectivity index (χ0v) is 21.2. The highest BCUT2D eigenvalue weighted by atomic mass is 32.1. The number of carbonyl (C=O) groups excluding carboxylic acids is 3. The standard InChI is InChI=1S/C25H27F2NO5S2/c1-12-8-14-15-10-17(26)16-9-13(29)4-6-22(16,2)24(15,27)19(30)11-23(14,3)25(12,21(32)34)33-20(31)18-5-7-28-35-18/h4-7,9,12,14-15,17,19,30H,8,10-11H2,1-3H3,(H,32,34)/t12-,14+,15+,17+,19+,22+,23+,24+,25+/m1/s1. The molecule has 0 aliphatic heterocycles. The Hall–Kier alpha value is -1.91. The third-order valence-corrected chi connectivity index (χ3v) is 10.4. The number of hydrogen-bond donors (Lipinski definition) is 2. The van der Waals surface area contributed by atoms with Crippen LogP contribution in [0, 0.1) is 28.6 Å². The summed E-state index contributed by atoms with van der Waals surface area (Å²) in [5, 5.41) is 10.7. The smallest absolute Gasteiger partial charge is 0.351 e. The van der Waals surface area contributed by atoms with Crippen LogP contribution in [-0.2, 0) is 14.3 Å². The molecule has 1 heterocycles. The maximum atomic E-state index is 17.3. The second-order valence-corrected chi connectivity index (χ2v) is 12.0. The van der Waals surface area contributed by atoms with Crippen molar-refractivity contribution < 1.29 is 33.0 Å². The molecule has 0 saturated heterocycles. The lowest BCUT2D eigenvalue weighted by molar-refractivity contribution is -0.221. The third-order valence-electron chi connectivity index (χ3n) is 9.38. The molecule has 1 N–H and O–H groups in total. The van der Waals surface area contributed by atoms with Crippen molar-refractivity contribution in [2.45, 2.75) is 63.6 Å². The maximum absolute atomic E-state index is 17.3. The van der Waals surface area contributed by atoms with Crippen molar-refractivity contribution in [2.24, 2.45) is 28.6 Å². The summed E-state index contributed by atoms with van der Waals surface area (Å²) in [6.07, 6.45) is 1.82. The number of alkyl halides is 2. The van der Waals surface area contributed by atoms with E-state index < -0.39 is 69.0 Å². The van der Waals surface area contributed by atoms with Crippen LogP contribution in [0.3, 0.4) is 0 Å². The van der Waals surface area contributed by atoms with Crippen LogP contribution in [0.1, 0.15) is 49.7 Å². The summed E-state index contributed by atoms with van der Waals surface area (Å²) in [6, 6.07) is 1.48. The number of aliphatic hydroxyl groups excluding tert-OH is 1. The number of esters is 1. The first-order valence-corrected chi connectivity index (χ1v) is 12.9. The lowest BCUT2D eigenvalue weighted by Gasteiger charge is -2.63. The first kappa shape index (κ1) is 24.8. The molecular weight excluding hydrogens is 496 g/mol. The second kappa shape index (κ2) is 7.79. The summed E-state index contributed by atoms with van der Waals surface area (Å²) in [5.41, 5.74) is -6.71. The van der Waals surface area contributed by atoms with Crippen LogP contribution in [0.5, 0.6) is 0 Å². The van der Waals surface area contributed by atoms with E-state index in [2.05, 4.69) is 17.0 Å². The van der Waals surface area contributed by atoms with Crippen LogP contribution >= 0.6 is 24.2 Å². The van der Waals surface area contributed by atoms with Gasteiger partial charge in [0.05, 0.1) is 6.10 Å². The number of carbonyl (C=O) groups is 3. The van der Waals surface area contributed by atoms with E-state index in [-0.39, 0.29) is 29.7 Å². The molecule has 5 rings (SSSR count). The fourth-order valence-corrected chi connectivity index (χ4v) is 8.75. The molecule has 0 spiro atoms. The number of aliphatic hydroxyl groups is 1. The van der Waals surface area contributed by atoms with Gasteiger partial charge in [-0.1, -0.05) is 19.9 Å². The van der Waals surface area contributed by atoms with Crippen LogP contribution in [0.25, 0.3) is 0 Å². The highest BCUT2D eigenvalue weighted by Crippen LogP contribution is 2.71. The van der Waals surface area contributed by atoms with E-state index in [0.29, 0.717) is 0 Å². The Morgan fingerprint density at radius 1 is 1.29 bits per heavy atom. The molecule has 4 aliphatic rings. The van der Waals surface area contributed by atoms with Crippen molar-refractivity contribution in [2.75, 3.05) is 0 Å². The van der Waals surface area contributed by atoms with Gasteiger partial charge in [-0.05, 0) is 67.4 Å². The number of allylic oxidation sites excluding steroid dienone is 4. The van der Waals surface area contributed by atoms with Gasteiger partial charge in [0.25, 0.3) is 0 Å². The number of aromatic nitrogens is 1. The fraction of sp³-hybridized carbons (Fsp3) is 0.600. The summed E-state index contributed by atoms with van der Waals surface area (Å²) in [6.45, 7) is 4.97. The summed E-state index contributed by atoms with van der Waals surface area (Å²) < 4.78 is 42.7. The summed E-state index contributed by atoms with van der Waals surface area (Å²) in [5.74, 6) is -3.28. The molecule has 1 aromatic heterocycles. The lowest BCUT2D eigenvalue weighted by atomic mass is 9.44. The molecule has 0 aromatic carbocycles. The van der Waals surface area contributed by atoms with E-state index in [1.165, 1.54) is 31.3 Å². The average molecular weight is 524 g/mol. The van der Waals surface area contributed by atoms with Gasteiger partial charge in [0.15, 0.2) is 17.1 Å². The summed E-state index contributed by atoms with van der Waals surface area (Å²) >= 11 is 5.06. The maximum Gasteiger partial charge on any atom is 0.351 e. The Balaban J connectivity index is 1.62. The largest absolute Gasteiger partial charge is 0.445 e. The van der Waals surface area contributed by atoms with Crippen molar-refractivity contribution in [1.82, 2.24) is 4.37 Å². The number of hydrogen-bond acceptors (Lipinski definition) is 7. The number of ketones is 1. The van der Waals surface area contributed by atoms with Crippen LogP contribution < -0.4 is 0 Å². The van der Waals surface area contributed by atoms with Gasteiger partial charge in [-0.2, -0.15) is 0 Å². The highest BCUT2D eigenvalue weighted by molar-refractivity contribution is 7.96. The molecule has 3 fully saturated rings. The molecule has 0 bridgehead atoms. The molecular formula is C25H27F2NO5S2. The monoisotopic (exact) mass is 523 g/mol. The number of halogens is 2. The van der Waals surface area contributed by atoms with Crippen molar-refractivity contribution in [3.05, 3.63) is 40.9 Å². The van der Waals surface area contributed by atoms with Gasteiger partial charge in [-0.3, -0.25) is 9.59 Å². The van der Waals surface area contributed by atoms with Gasteiger partial charge in [0.2, 0.25) is 5.12 Å². The van der Waals surface area contributed by atoms with Crippen LogP contribution in [0.2, 0.25) is 0 Å². The quantitative estimate of drug-likeness (QED) is 0.459. The Bertz CT molecular complexity index is 1170. The molecule has 3 saturated carbocycles. The van der Waals surface area contributed by atoms with E-state index in [1.807, 2.05) is 0 Å². The number of nitrogens with zero attached hydrogens (tertiary/aromatic N) is 1.